The number of rotatable bonds is 3. The van der Waals surface area contributed by atoms with Gasteiger partial charge in [-0.1, -0.05) is 6.92 Å². The summed E-state index contributed by atoms with van der Waals surface area (Å²) >= 11 is 6.76. The molecule has 84 valence electrons. The van der Waals surface area contributed by atoms with Gasteiger partial charge in [0.25, 0.3) is 0 Å². The van der Waals surface area contributed by atoms with Gasteiger partial charge in [0.15, 0.2) is 5.82 Å². The smallest absolute Gasteiger partial charge is 0.216 e. The van der Waals surface area contributed by atoms with Crippen LogP contribution in [0.3, 0.4) is 0 Å². The van der Waals surface area contributed by atoms with E-state index in [1.165, 1.54) is 5.56 Å². The summed E-state index contributed by atoms with van der Waals surface area (Å²) in [6, 6.07) is 2.07. The summed E-state index contributed by atoms with van der Waals surface area (Å²) < 4.78 is 2.19. The fraction of sp³-hybridized carbons (Fsp3) is 0.300. The lowest BCUT2D eigenvalue weighted by Gasteiger charge is -1.95. The van der Waals surface area contributed by atoms with Gasteiger partial charge in [0, 0.05) is 6.42 Å². The molecule has 0 aromatic carbocycles. The Morgan fingerprint density at radius 1 is 1.69 bits per heavy atom. The van der Waals surface area contributed by atoms with E-state index in [2.05, 4.69) is 28.3 Å². The molecule has 2 heterocycles. The summed E-state index contributed by atoms with van der Waals surface area (Å²) in [5.41, 5.74) is 1.22. The van der Waals surface area contributed by atoms with E-state index in [-0.39, 0.29) is 0 Å². The van der Waals surface area contributed by atoms with Crippen LogP contribution >= 0.6 is 23.6 Å². The van der Waals surface area contributed by atoms with Crippen LogP contribution in [0.15, 0.2) is 16.5 Å². The quantitative estimate of drug-likeness (QED) is 0.674. The second-order valence-corrected chi connectivity index (χ2v) is 4.66. The van der Waals surface area contributed by atoms with Crippen molar-refractivity contribution >= 4 is 29.8 Å². The van der Waals surface area contributed by atoms with E-state index >= 15 is 0 Å². The summed E-state index contributed by atoms with van der Waals surface area (Å²) in [6.07, 6.45) is 2.62. The van der Waals surface area contributed by atoms with E-state index in [9.17, 15) is 0 Å². The summed E-state index contributed by atoms with van der Waals surface area (Å²) in [5.74, 6) is 0.843. The highest BCUT2D eigenvalue weighted by atomic mass is 32.1. The third-order valence-electron chi connectivity index (χ3n) is 2.23. The molecule has 4 nitrogen and oxygen atoms in total. The zero-order valence-electron chi connectivity index (χ0n) is 9.10. The molecule has 0 bridgehead atoms. The average Bonchev–Trinajstić information content (AvgIpc) is 2.82. The Morgan fingerprint density at radius 2 is 2.50 bits per heavy atom. The molecule has 6 heteroatoms. The molecule has 0 atom stereocenters. The van der Waals surface area contributed by atoms with Gasteiger partial charge in [-0.25, -0.2) is 0 Å². The number of hydrogen-bond acceptors (Lipinski definition) is 4. The number of nitrogens with zero attached hydrogens (tertiary/aromatic N) is 3. The lowest BCUT2D eigenvalue weighted by molar-refractivity contribution is 0.780. The van der Waals surface area contributed by atoms with E-state index in [1.54, 1.807) is 16.0 Å². The van der Waals surface area contributed by atoms with Gasteiger partial charge in [0.05, 0.1) is 11.1 Å². The molecular formula is C10H12N4S2. The Bertz CT molecular complexity index is 561. The van der Waals surface area contributed by atoms with Gasteiger partial charge in [-0.2, -0.15) is 14.9 Å². The van der Waals surface area contributed by atoms with Crippen molar-refractivity contribution in [3.8, 4) is 0 Å². The molecule has 0 aliphatic carbocycles. The Balaban J connectivity index is 2.34. The summed E-state index contributed by atoms with van der Waals surface area (Å²) in [4.78, 5) is 1.14. The molecule has 2 aromatic heterocycles. The number of aromatic nitrogens is 3. The zero-order chi connectivity index (χ0) is 11.5. The van der Waals surface area contributed by atoms with E-state index in [1.807, 2.05) is 18.5 Å². The number of hydrogen-bond donors (Lipinski definition) is 1. The van der Waals surface area contributed by atoms with Crippen molar-refractivity contribution in [2.24, 2.45) is 5.10 Å². The van der Waals surface area contributed by atoms with Crippen LogP contribution in [0.25, 0.3) is 0 Å². The second-order valence-electron chi connectivity index (χ2n) is 3.32. The van der Waals surface area contributed by atoms with Crippen LogP contribution in [0.5, 0.6) is 0 Å². The lowest BCUT2D eigenvalue weighted by Crippen LogP contribution is -1.97. The third-order valence-corrected chi connectivity index (χ3v) is 3.44. The topological polar surface area (TPSA) is 46.0 Å². The maximum atomic E-state index is 5.10. The van der Waals surface area contributed by atoms with Gasteiger partial charge in [-0.15, -0.1) is 11.3 Å². The van der Waals surface area contributed by atoms with E-state index in [4.69, 9.17) is 12.2 Å². The van der Waals surface area contributed by atoms with Gasteiger partial charge in [-0.3, -0.25) is 5.10 Å². The van der Waals surface area contributed by atoms with Crippen molar-refractivity contribution in [1.29, 1.82) is 0 Å². The van der Waals surface area contributed by atoms with Crippen molar-refractivity contribution < 1.29 is 0 Å². The van der Waals surface area contributed by atoms with E-state index in [0.29, 0.717) is 4.77 Å². The number of thiophene rings is 1. The number of H-pyrrole nitrogens is 1. The van der Waals surface area contributed by atoms with Crippen LogP contribution in [0.2, 0.25) is 0 Å². The molecule has 2 aromatic rings. The van der Waals surface area contributed by atoms with Crippen LogP contribution in [0.4, 0.5) is 0 Å². The molecule has 1 N–H and O–H groups in total. The average molecular weight is 252 g/mol. The molecule has 16 heavy (non-hydrogen) atoms. The van der Waals surface area contributed by atoms with Crippen molar-refractivity contribution in [2.75, 3.05) is 0 Å². The van der Waals surface area contributed by atoms with Crippen LogP contribution in [-0.2, 0) is 6.42 Å². The number of aryl methyl sites for hydroxylation is 2. The fourth-order valence-electron chi connectivity index (χ4n) is 1.30. The van der Waals surface area contributed by atoms with Crippen molar-refractivity contribution in [2.45, 2.75) is 20.3 Å². The van der Waals surface area contributed by atoms with Gasteiger partial charge in [0.1, 0.15) is 0 Å². The molecule has 0 aliphatic rings. The molecule has 2 rings (SSSR count). The lowest BCUT2D eigenvalue weighted by atomic mass is 10.3. The molecule has 0 spiro atoms. The van der Waals surface area contributed by atoms with E-state index in [0.717, 1.165) is 17.1 Å². The van der Waals surface area contributed by atoms with Crippen LogP contribution in [0, 0.1) is 11.7 Å². The third kappa shape index (κ3) is 2.12. The van der Waals surface area contributed by atoms with Crippen LogP contribution in [-0.4, -0.2) is 21.1 Å². The van der Waals surface area contributed by atoms with Crippen LogP contribution in [0.1, 0.15) is 23.2 Å². The molecule has 0 amide bonds. The highest BCUT2D eigenvalue weighted by Crippen LogP contribution is 2.12. The van der Waals surface area contributed by atoms with Crippen molar-refractivity contribution in [3.63, 3.8) is 0 Å². The maximum absolute atomic E-state index is 5.10. The molecular weight excluding hydrogens is 240 g/mol. The van der Waals surface area contributed by atoms with E-state index < -0.39 is 0 Å². The Kier molecular flexibility index (Phi) is 3.31. The molecule has 0 saturated carbocycles. The number of aromatic amines is 1. The predicted molar refractivity (Wildman–Crippen MR) is 68.8 cm³/mol. The summed E-state index contributed by atoms with van der Waals surface area (Å²) in [5, 5.41) is 13.2. The van der Waals surface area contributed by atoms with Gasteiger partial charge in [-0.05, 0) is 36.2 Å². The Hall–Kier alpha value is -1.27. The monoisotopic (exact) mass is 252 g/mol. The first-order valence-electron chi connectivity index (χ1n) is 4.97. The molecule has 0 unspecified atom stereocenters. The highest BCUT2D eigenvalue weighted by Gasteiger charge is 2.01. The standard InChI is InChI=1S/C10H12N4S2/c1-3-9-12-13-10(15)14(9)11-6-8-7(2)4-5-16-8/h4-6H,3H2,1-2H3,(H,13,15)/b11-6+. The number of nitrogens with one attached hydrogen (secondary N) is 1. The fourth-order valence-corrected chi connectivity index (χ4v) is 2.28. The van der Waals surface area contributed by atoms with Crippen molar-refractivity contribution in [1.82, 2.24) is 14.9 Å². The highest BCUT2D eigenvalue weighted by molar-refractivity contribution is 7.71. The first-order chi connectivity index (χ1) is 7.72. The SMILES string of the molecule is CCc1n[nH]c(=S)n1/N=C/c1sccc1C. The first kappa shape index (κ1) is 11.2. The maximum Gasteiger partial charge on any atom is 0.216 e. The Labute approximate surface area is 103 Å². The Morgan fingerprint density at radius 3 is 3.12 bits per heavy atom. The molecule has 0 saturated heterocycles. The second kappa shape index (κ2) is 4.71. The van der Waals surface area contributed by atoms with Crippen LogP contribution < -0.4 is 0 Å². The first-order valence-corrected chi connectivity index (χ1v) is 6.26. The summed E-state index contributed by atoms with van der Waals surface area (Å²) in [6.45, 7) is 4.08. The normalized spacial score (nSPS) is 11.4. The largest absolute Gasteiger partial charge is 0.250 e. The minimum atomic E-state index is 0.530. The van der Waals surface area contributed by atoms with Gasteiger partial charge in [0.2, 0.25) is 4.77 Å². The molecule has 0 fully saturated rings. The predicted octanol–water partition coefficient (Wildman–Crippen LogP) is 2.76. The minimum Gasteiger partial charge on any atom is -0.250 e. The molecule has 0 aliphatic heterocycles. The minimum absolute atomic E-state index is 0.530. The zero-order valence-corrected chi connectivity index (χ0v) is 10.7. The van der Waals surface area contributed by atoms with Gasteiger partial charge >= 0.3 is 0 Å². The van der Waals surface area contributed by atoms with Gasteiger partial charge < -0.3 is 0 Å². The van der Waals surface area contributed by atoms with Crippen molar-refractivity contribution in [3.05, 3.63) is 32.5 Å². The summed E-state index contributed by atoms with van der Waals surface area (Å²) in [7, 11) is 0. The molecule has 0 radical (unpaired) electrons.